The Hall–Kier alpha value is -2.15. The summed E-state index contributed by atoms with van der Waals surface area (Å²) in [6.07, 6.45) is 4.61. The van der Waals surface area contributed by atoms with E-state index in [2.05, 4.69) is 24.3 Å². The van der Waals surface area contributed by atoms with E-state index in [0.717, 1.165) is 24.0 Å². The molecule has 21 heavy (non-hydrogen) atoms. The maximum absolute atomic E-state index is 14.4. The minimum absolute atomic E-state index is 0.123. The van der Waals surface area contributed by atoms with Crippen molar-refractivity contribution < 1.29 is 4.39 Å². The zero-order valence-corrected chi connectivity index (χ0v) is 11.9. The molecule has 0 unspecified atom stereocenters. The van der Waals surface area contributed by atoms with Crippen LogP contribution >= 0.6 is 0 Å². The standard InChI is InChI=1S/C20H17F/c21-19-12-6-5-11-18(19)20-16-9-3-1-7-14(16)13-15-8-2-4-10-17(15)20/h1,3,5-7,9,11-13H,2,4,8,10H2. The van der Waals surface area contributed by atoms with E-state index in [1.54, 1.807) is 12.1 Å². The number of hydrogen-bond acceptors (Lipinski definition) is 0. The SMILES string of the molecule is Fc1ccccc1-c1c2c(cc3ccccc13)CCCC2. The van der Waals surface area contributed by atoms with E-state index in [1.165, 1.54) is 34.7 Å². The van der Waals surface area contributed by atoms with Gasteiger partial charge in [-0.1, -0.05) is 48.5 Å². The molecule has 0 aliphatic heterocycles. The topological polar surface area (TPSA) is 0 Å². The van der Waals surface area contributed by atoms with Gasteiger partial charge in [0.25, 0.3) is 0 Å². The first-order valence-electron chi connectivity index (χ1n) is 7.63. The second kappa shape index (κ2) is 5.00. The van der Waals surface area contributed by atoms with Crippen LogP contribution < -0.4 is 0 Å². The van der Waals surface area contributed by atoms with Crippen LogP contribution in [0.15, 0.2) is 54.6 Å². The number of halogens is 1. The van der Waals surface area contributed by atoms with E-state index in [0.29, 0.717) is 0 Å². The summed E-state index contributed by atoms with van der Waals surface area (Å²) >= 11 is 0. The highest BCUT2D eigenvalue weighted by Crippen LogP contribution is 2.38. The third kappa shape index (κ3) is 2.04. The summed E-state index contributed by atoms with van der Waals surface area (Å²) in [4.78, 5) is 0. The maximum Gasteiger partial charge on any atom is 0.131 e. The zero-order valence-electron chi connectivity index (χ0n) is 11.9. The molecule has 0 bridgehead atoms. The lowest BCUT2D eigenvalue weighted by molar-refractivity contribution is 0.630. The van der Waals surface area contributed by atoms with Gasteiger partial charge in [-0.2, -0.15) is 0 Å². The number of benzene rings is 3. The van der Waals surface area contributed by atoms with E-state index in [1.807, 2.05) is 18.2 Å². The molecule has 3 aromatic rings. The van der Waals surface area contributed by atoms with Crippen molar-refractivity contribution in [3.05, 3.63) is 71.5 Å². The van der Waals surface area contributed by atoms with Crippen molar-refractivity contribution in [2.75, 3.05) is 0 Å². The summed E-state index contributed by atoms with van der Waals surface area (Å²) in [6, 6.07) is 17.8. The molecule has 1 aliphatic carbocycles. The summed E-state index contributed by atoms with van der Waals surface area (Å²) in [5.41, 5.74) is 4.61. The van der Waals surface area contributed by atoms with Crippen molar-refractivity contribution in [2.24, 2.45) is 0 Å². The van der Waals surface area contributed by atoms with Gasteiger partial charge < -0.3 is 0 Å². The molecule has 0 spiro atoms. The first-order valence-corrected chi connectivity index (χ1v) is 7.63. The fourth-order valence-electron chi connectivity index (χ4n) is 3.55. The monoisotopic (exact) mass is 276 g/mol. The van der Waals surface area contributed by atoms with Gasteiger partial charge >= 0.3 is 0 Å². The molecular formula is C20H17F. The van der Waals surface area contributed by atoms with Crippen LogP contribution in [0, 0.1) is 5.82 Å². The van der Waals surface area contributed by atoms with Crippen LogP contribution in [-0.4, -0.2) is 0 Å². The zero-order chi connectivity index (χ0) is 14.2. The lowest BCUT2D eigenvalue weighted by atomic mass is 9.82. The minimum atomic E-state index is -0.123. The normalized spacial score (nSPS) is 14.1. The van der Waals surface area contributed by atoms with Crippen LogP contribution in [0.1, 0.15) is 24.0 Å². The molecule has 0 heterocycles. The maximum atomic E-state index is 14.4. The molecule has 3 aromatic carbocycles. The largest absolute Gasteiger partial charge is 0.206 e. The van der Waals surface area contributed by atoms with Crippen LogP contribution in [-0.2, 0) is 12.8 Å². The molecule has 104 valence electrons. The molecule has 0 nitrogen and oxygen atoms in total. The third-order valence-corrected chi connectivity index (χ3v) is 4.52. The van der Waals surface area contributed by atoms with Crippen molar-refractivity contribution in [2.45, 2.75) is 25.7 Å². The molecule has 0 aromatic heterocycles. The molecule has 0 fully saturated rings. The molecule has 0 saturated heterocycles. The third-order valence-electron chi connectivity index (χ3n) is 4.52. The van der Waals surface area contributed by atoms with Gasteiger partial charge in [0.05, 0.1) is 0 Å². The highest BCUT2D eigenvalue weighted by Gasteiger charge is 2.19. The summed E-state index contributed by atoms with van der Waals surface area (Å²) in [5, 5.41) is 2.39. The average Bonchev–Trinajstić information content (AvgIpc) is 2.53. The van der Waals surface area contributed by atoms with Gasteiger partial charge in [-0.25, -0.2) is 4.39 Å². The smallest absolute Gasteiger partial charge is 0.131 e. The Morgan fingerprint density at radius 2 is 1.57 bits per heavy atom. The predicted molar refractivity (Wildman–Crippen MR) is 86.0 cm³/mol. The van der Waals surface area contributed by atoms with Crippen LogP contribution in [0.25, 0.3) is 21.9 Å². The van der Waals surface area contributed by atoms with Gasteiger partial charge in [0, 0.05) is 5.56 Å². The van der Waals surface area contributed by atoms with Crippen molar-refractivity contribution in [3.8, 4) is 11.1 Å². The Kier molecular flexibility index (Phi) is 2.99. The quantitative estimate of drug-likeness (QED) is 0.548. The molecular weight excluding hydrogens is 259 g/mol. The van der Waals surface area contributed by atoms with E-state index in [9.17, 15) is 4.39 Å². The first-order chi connectivity index (χ1) is 10.3. The number of rotatable bonds is 1. The summed E-state index contributed by atoms with van der Waals surface area (Å²) in [6.45, 7) is 0. The Bertz CT molecular complexity index is 817. The van der Waals surface area contributed by atoms with Gasteiger partial charge in [-0.3, -0.25) is 0 Å². The molecule has 0 radical (unpaired) electrons. The Balaban J connectivity index is 2.13. The van der Waals surface area contributed by atoms with Crippen LogP contribution in [0.3, 0.4) is 0 Å². The summed E-state index contributed by atoms with van der Waals surface area (Å²) < 4.78 is 14.4. The van der Waals surface area contributed by atoms with Gasteiger partial charge in [0.15, 0.2) is 0 Å². The molecule has 4 rings (SSSR count). The van der Waals surface area contributed by atoms with Gasteiger partial charge in [-0.15, -0.1) is 0 Å². The number of fused-ring (bicyclic) bond motifs is 2. The first kappa shape index (κ1) is 12.6. The van der Waals surface area contributed by atoms with Gasteiger partial charge in [0.1, 0.15) is 5.82 Å². The molecule has 1 aliphatic rings. The van der Waals surface area contributed by atoms with Gasteiger partial charge in [-0.05, 0) is 59.2 Å². The van der Waals surface area contributed by atoms with E-state index < -0.39 is 0 Å². The molecule has 0 atom stereocenters. The molecule has 1 heteroatoms. The van der Waals surface area contributed by atoms with Crippen molar-refractivity contribution in [3.63, 3.8) is 0 Å². The number of aryl methyl sites for hydroxylation is 1. The van der Waals surface area contributed by atoms with Gasteiger partial charge in [0.2, 0.25) is 0 Å². The Labute approximate surface area is 124 Å². The number of hydrogen-bond donors (Lipinski definition) is 0. The summed E-state index contributed by atoms with van der Waals surface area (Å²) in [7, 11) is 0. The highest BCUT2D eigenvalue weighted by atomic mass is 19.1. The molecule has 0 saturated carbocycles. The Morgan fingerprint density at radius 1 is 0.810 bits per heavy atom. The highest BCUT2D eigenvalue weighted by molar-refractivity contribution is 5.99. The van der Waals surface area contributed by atoms with E-state index in [-0.39, 0.29) is 5.82 Å². The second-order valence-corrected chi connectivity index (χ2v) is 5.80. The lowest BCUT2D eigenvalue weighted by Gasteiger charge is -2.22. The summed E-state index contributed by atoms with van der Waals surface area (Å²) in [5.74, 6) is -0.123. The van der Waals surface area contributed by atoms with E-state index in [4.69, 9.17) is 0 Å². The second-order valence-electron chi connectivity index (χ2n) is 5.80. The van der Waals surface area contributed by atoms with Crippen molar-refractivity contribution in [1.29, 1.82) is 0 Å². The van der Waals surface area contributed by atoms with E-state index >= 15 is 0 Å². The minimum Gasteiger partial charge on any atom is -0.206 e. The molecule has 0 amide bonds. The van der Waals surface area contributed by atoms with Crippen LogP contribution in [0.2, 0.25) is 0 Å². The predicted octanol–water partition coefficient (Wildman–Crippen LogP) is 5.52. The van der Waals surface area contributed by atoms with Crippen LogP contribution in [0.5, 0.6) is 0 Å². The van der Waals surface area contributed by atoms with Crippen molar-refractivity contribution >= 4 is 10.8 Å². The fourth-order valence-corrected chi connectivity index (χ4v) is 3.55. The molecule has 0 N–H and O–H groups in total. The van der Waals surface area contributed by atoms with Crippen molar-refractivity contribution in [1.82, 2.24) is 0 Å². The lowest BCUT2D eigenvalue weighted by Crippen LogP contribution is -2.05. The Morgan fingerprint density at radius 3 is 2.48 bits per heavy atom. The average molecular weight is 276 g/mol. The fraction of sp³-hybridized carbons (Fsp3) is 0.200. The van der Waals surface area contributed by atoms with Crippen LogP contribution in [0.4, 0.5) is 4.39 Å².